The first-order valence-corrected chi connectivity index (χ1v) is 12.9. The summed E-state index contributed by atoms with van der Waals surface area (Å²) in [5, 5.41) is 3.90. The van der Waals surface area contributed by atoms with Crippen LogP contribution in [0.2, 0.25) is 0 Å². The standard InChI is InChI=1S/C28H29N5O2.C4H6O/c1-6-32-27-18-23(19(2)29-5)14-17-26(27)30-28(32)33(24-10-8-7-9-11-24)25-15-12-22(13-16-25)20(3)31-35-21(4)34;1-3-4(2)5/h7-18H,6H2,1-5H3;3H,1H2,2H3/b29-19?,31-20-;. The second-order valence-corrected chi connectivity index (χ2v) is 8.96. The molecule has 8 nitrogen and oxygen atoms in total. The summed E-state index contributed by atoms with van der Waals surface area (Å²) in [6, 6.07) is 24.4. The van der Waals surface area contributed by atoms with Crippen LogP contribution in [0.1, 0.15) is 45.7 Å². The zero-order valence-corrected chi connectivity index (χ0v) is 23.9. The Morgan fingerprint density at radius 1 is 0.925 bits per heavy atom. The lowest BCUT2D eigenvalue weighted by Crippen LogP contribution is -2.15. The smallest absolute Gasteiger partial charge is 0.318 e. The van der Waals surface area contributed by atoms with E-state index in [-0.39, 0.29) is 5.78 Å². The number of fused-ring (bicyclic) bond motifs is 1. The first kappa shape index (κ1) is 29.7. The molecule has 0 N–H and O–H groups in total. The van der Waals surface area contributed by atoms with Gasteiger partial charge in [-0.3, -0.25) is 14.7 Å². The number of aliphatic imine (C=N–C) groups is 1. The molecule has 0 spiro atoms. The van der Waals surface area contributed by atoms with E-state index >= 15 is 0 Å². The molecule has 0 saturated carbocycles. The molecule has 0 atom stereocenters. The minimum Gasteiger partial charge on any atom is -0.318 e. The molecule has 1 aromatic heterocycles. The summed E-state index contributed by atoms with van der Waals surface area (Å²) < 4.78 is 2.22. The van der Waals surface area contributed by atoms with E-state index in [1.54, 1.807) is 0 Å². The molecule has 206 valence electrons. The van der Waals surface area contributed by atoms with E-state index in [4.69, 9.17) is 9.82 Å². The van der Waals surface area contributed by atoms with Crippen molar-refractivity contribution in [3.05, 3.63) is 96.6 Å². The Balaban J connectivity index is 0.000000810. The van der Waals surface area contributed by atoms with Crippen LogP contribution in [-0.4, -0.2) is 39.8 Å². The molecule has 0 bridgehead atoms. The fourth-order valence-corrected chi connectivity index (χ4v) is 3.94. The van der Waals surface area contributed by atoms with Gasteiger partial charge in [0.2, 0.25) is 5.95 Å². The number of aromatic nitrogens is 2. The molecule has 0 amide bonds. The fraction of sp³-hybridized carbons (Fsp3) is 0.219. The molecular weight excluding hydrogens is 502 g/mol. The van der Waals surface area contributed by atoms with E-state index < -0.39 is 5.97 Å². The average Bonchev–Trinajstić information content (AvgIpc) is 3.33. The number of rotatable bonds is 8. The number of nitrogens with zero attached hydrogens (tertiary/aromatic N) is 5. The van der Waals surface area contributed by atoms with Crippen molar-refractivity contribution in [2.75, 3.05) is 11.9 Å². The van der Waals surface area contributed by atoms with Crippen molar-refractivity contribution in [3.63, 3.8) is 0 Å². The highest BCUT2D eigenvalue weighted by Gasteiger charge is 2.20. The second-order valence-electron chi connectivity index (χ2n) is 8.96. The third kappa shape index (κ3) is 7.17. The van der Waals surface area contributed by atoms with E-state index in [1.807, 2.05) is 63.4 Å². The number of carbonyl (C=O) groups excluding carboxylic acids is 2. The normalized spacial score (nSPS) is 11.4. The predicted octanol–water partition coefficient (Wildman–Crippen LogP) is 7.01. The molecule has 8 heteroatoms. The number of allylic oxidation sites excluding steroid dienone is 1. The van der Waals surface area contributed by atoms with Crippen LogP contribution < -0.4 is 4.90 Å². The van der Waals surface area contributed by atoms with E-state index in [1.165, 1.54) is 19.9 Å². The molecule has 0 unspecified atom stereocenters. The maximum absolute atomic E-state index is 11.1. The van der Waals surface area contributed by atoms with Crippen molar-refractivity contribution in [2.45, 2.75) is 41.2 Å². The van der Waals surface area contributed by atoms with Gasteiger partial charge in [0.15, 0.2) is 5.78 Å². The molecule has 4 rings (SSSR count). The van der Waals surface area contributed by atoms with Gasteiger partial charge in [-0.15, -0.1) is 0 Å². The van der Waals surface area contributed by atoms with Gasteiger partial charge in [-0.05, 0) is 81.3 Å². The Kier molecular flexibility index (Phi) is 10.2. The molecule has 40 heavy (non-hydrogen) atoms. The molecule has 0 aliphatic heterocycles. The summed E-state index contributed by atoms with van der Waals surface area (Å²) in [7, 11) is 1.81. The van der Waals surface area contributed by atoms with Crippen LogP contribution in [0.15, 0.2) is 95.6 Å². The zero-order valence-electron chi connectivity index (χ0n) is 23.9. The van der Waals surface area contributed by atoms with Crippen LogP contribution in [0.4, 0.5) is 17.3 Å². The Hall–Kier alpha value is -4.85. The maximum atomic E-state index is 11.1. The third-order valence-corrected chi connectivity index (χ3v) is 6.15. The minimum absolute atomic E-state index is 0.0185. The maximum Gasteiger partial charge on any atom is 0.331 e. The Morgan fingerprint density at radius 2 is 1.52 bits per heavy atom. The summed E-state index contributed by atoms with van der Waals surface area (Å²) in [5.41, 5.74) is 7.50. The van der Waals surface area contributed by atoms with Gasteiger partial charge >= 0.3 is 5.97 Å². The number of aryl methyl sites for hydroxylation is 1. The summed E-state index contributed by atoms with van der Waals surface area (Å²) >= 11 is 0. The van der Waals surface area contributed by atoms with Gasteiger partial charge in [0.1, 0.15) is 0 Å². The lowest BCUT2D eigenvalue weighted by atomic mass is 10.1. The first-order valence-electron chi connectivity index (χ1n) is 12.9. The fourth-order valence-electron chi connectivity index (χ4n) is 3.94. The molecule has 0 aliphatic carbocycles. The van der Waals surface area contributed by atoms with Gasteiger partial charge in [-0.25, -0.2) is 9.78 Å². The molecular formula is C32H35N5O3. The molecule has 0 radical (unpaired) electrons. The van der Waals surface area contributed by atoms with Gasteiger partial charge in [0.25, 0.3) is 0 Å². The van der Waals surface area contributed by atoms with Gasteiger partial charge in [-0.1, -0.05) is 48.1 Å². The number of oxime groups is 1. The van der Waals surface area contributed by atoms with Crippen molar-refractivity contribution in [3.8, 4) is 0 Å². The van der Waals surface area contributed by atoms with Gasteiger partial charge in [0.05, 0.1) is 16.7 Å². The van der Waals surface area contributed by atoms with Crippen LogP contribution in [0.25, 0.3) is 11.0 Å². The third-order valence-electron chi connectivity index (χ3n) is 6.15. The minimum atomic E-state index is -0.446. The Labute approximate surface area is 235 Å². The van der Waals surface area contributed by atoms with Crippen molar-refractivity contribution in [2.24, 2.45) is 10.1 Å². The van der Waals surface area contributed by atoms with Gasteiger partial charge < -0.3 is 9.40 Å². The number of hydrogen-bond donors (Lipinski definition) is 0. The Morgan fingerprint density at radius 3 is 2.08 bits per heavy atom. The number of hydrogen-bond acceptors (Lipinski definition) is 7. The van der Waals surface area contributed by atoms with E-state index in [0.717, 1.165) is 51.7 Å². The first-order chi connectivity index (χ1) is 19.2. The number of imidazole rings is 1. The second kappa shape index (κ2) is 13.8. The average molecular weight is 538 g/mol. The number of carbonyl (C=O) groups is 2. The molecule has 0 fully saturated rings. The molecule has 0 saturated heterocycles. The van der Waals surface area contributed by atoms with Crippen molar-refractivity contribution in [1.82, 2.24) is 9.55 Å². The quantitative estimate of drug-likeness (QED) is 0.104. The van der Waals surface area contributed by atoms with Crippen LogP contribution in [0.5, 0.6) is 0 Å². The van der Waals surface area contributed by atoms with Crippen LogP contribution >= 0.6 is 0 Å². The van der Waals surface area contributed by atoms with Crippen molar-refractivity contribution >= 4 is 51.5 Å². The molecule has 0 aliphatic rings. The van der Waals surface area contributed by atoms with E-state index in [0.29, 0.717) is 5.71 Å². The number of para-hydroxylation sites is 1. The highest BCUT2D eigenvalue weighted by molar-refractivity contribution is 6.01. The highest BCUT2D eigenvalue weighted by atomic mass is 16.7. The van der Waals surface area contributed by atoms with Gasteiger partial charge in [0, 0.05) is 37.6 Å². The summed E-state index contributed by atoms with van der Waals surface area (Å²) in [6.07, 6.45) is 1.28. The van der Waals surface area contributed by atoms with E-state index in [2.05, 4.69) is 63.4 Å². The molecule has 1 heterocycles. The largest absolute Gasteiger partial charge is 0.331 e. The molecule has 4 aromatic rings. The summed E-state index contributed by atoms with van der Waals surface area (Å²) in [5.74, 6) is 0.401. The number of anilines is 3. The van der Waals surface area contributed by atoms with Crippen LogP contribution in [0.3, 0.4) is 0 Å². The summed E-state index contributed by atoms with van der Waals surface area (Å²) in [6.45, 7) is 12.7. The predicted molar refractivity (Wildman–Crippen MR) is 163 cm³/mol. The van der Waals surface area contributed by atoms with Crippen LogP contribution in [-0.2, 0) is 21.0 Å². The van der Waals surface area contributed by atoms with Crippen molar-refractivity contribution in [1.29, 1.82) is 0 Å². The lowest BCUT2D eigenvalue weighted by molar-refractivity contribution is -0.140. The Bertz CT molecular complexity index is 1550. The zero-order chi connectivity index (χ0) is 29.2. The van der Waals surface area contributed by atoms with Gasteiger partial charge in [-0.2, -0.15) is 0 Å². The monoisotopic (exact) mass is 537 g/mol. The van der Waals surface area contributed by atoms with Crippen LogP contribution in [0, 0.1) is 0 Å². The van der Waals surface area contributed by atoms with E-state index in [9.17, 15) is 9.59 Å². The highest BCUT2D eigenvalue weighted by Crippen LogP contribution is 2.36. The van der Waals surface area contributed by atoms with Crippen molar-refractivity contribution < 1.29 is 14.4 Å². The molecule has 3 aromatic carbocycles. The summed E-state index contributed by atoms with van der Waals surface area (Å²) in [4.78, 5) is 37.1. The topological polar surface area (TPSA) is 89.1 Å². The number of ketones is 1. The number of benzene rings is 3. The SMILES string of the molecule is C=CC(C)=O.CCn1c(N(c2ccccc2)c2ccc(/C(C)=N\OC(C)=O)cc2)nc2ccc(C(C)=NC)cc21. The lowest BCUT2D eigenvalue weighted by Gasteiger charge is -2.25.